The van der Waals surface area contributed by atoms with E-state index in [1.54, 1.807) is 0 Å². The molecule has 1 aromatic heterocycles. The van der Waals surface area contributed by atoms with E-state index in [4.69, 9.17) is 4.74 Å². The molecule has 0 saturated carbocycles. The number of hydrogen-bond acceptors (Lipinski definition) is 4. The number of carboxylic acids is 1. The largest absolute Gasteiger partial charge is 1.00 e. The Morgan fingerprint density at radius 1 is 0.868 bits per heavy atom. The standard InChI is InChI=1S/C26H18F7NO3.Na/c27-17-7-4-14(5-8-17)13-37-23-9-6-15(25(28,29)30)10-20(23)18-2-1-3-19(18)21-11-16(26(31,32)33)12-22(34-21)24(35)36;/h4-12H,1-3,13H2,(H,35,36);/q;+1/p-1. The first-order valence-corrected chi connectivity index (χ1v) is 10.9. The van der Waals surface area contributed by atoms with Crippen molar-refractivity contribution in [2.24, 2.45) is 0 Å². The topological polar surface area (TPSA) is 62.2 Å². The Balaban J connectivity index is 0.00000400. The van der Waals surface area contributed by atoms with Crippen molar-refractivity contribution in [1.29, 1.82) is 0 Å². The minimum Gasteiger partial charge on any atom is -0.543 e. The van der Waals surface area contributed by atoms with Gasteiger partial charge in [0.15, 0.2) is 0 Å². The number of halogens is 7. The molecule has 0 bridgehead atoms. The van der Waals surface area contributed by atoms with E-state index >= 15 is 0 Å². The number of ether oxygens (including phenoxy) is 1. The number of carbonyl (C=O) groups is 1. The number of aromatic nitrogens is 1. The van der Waals surface area contributed by atoms with Gasteiger partial charge >= 0.3 is 41.9 Å². The number of carbonyl (C=O) groups excluding carboxylic acids is 1. The minimum atomic E-state index is -4.89. The molecule has 0 atom stereocenters. The summed E-state index contributed by atoms with van der Waals surface area (Å²) in [6.07, 6.45) is -8.86. The Kier molecular flexibility index (Phi) is 8.95. The first kappa shape index (κ1) is 29.7. The number of pyridine rings is 1. The Morgan fingerprint density at radius 3 is 2.11 bits per heavy atom. The van der Waals surface area contributed by atoms with Gasteiger partial charge in [0.05, 0.1) is 28.5 Å². The number of aromatic carboxylic acids is 1. The quantitative estimate of drug-likeness (QED) is 0.351. The van der Waals surface area contributed by atoms with Crippen molar-refractivity contribution < 1.29 is 74.9 Å². The Labute approximate surface area is 234 Å². The summed E-state index contributed by atoms with van der Waals surface area (Å²) in [5.74, 6) is -2.38. The predicted molar refractivity (Wildman–Crippen MR) is 116 cm³/mol. The zero-order valence-electron chi connectivity index (χ0n) is 19.8. The van der Waals surface area contributed by atoms with Gasteiger partial charge in [0, 0.05) is 5.56 Å². The van der Waals surface area contributed by atoms with Gasteiger partial charge in [0.25, 0.3) is 0 Å². The van der Waals surface area contributed by atoms with Gasteiger partial charge in [-0.3, -0.25) is 0 Å². The average molecular weight is 547 g/mol. The molecule has 0 saturated heterocycles. The average Bonchev–Trinajstić information content (AvgIpc) is 3.32. The van der Waals surface area contributed by atoms with Crippen LogP contribution in [-0.2, 0) is 19.0 Å². The van der Waals surface area contributed by atoms with Crippen molar-refractivity contribution >= 4 is 17.1 Å². The van der Waals surface area contributed by atoms with Crippen molar-refractivity contribution in [1.82, 2.24) is 4.98 Å². The number of carboxylic acid groups (broad SMARTS) is 1. The molecule has 2 aromatic carbocycles. The van der Waals surface area contributed by atoms with E-state index in [1.165, 1.54) is 24.3 Å². The third-order valence-electron chi connectivity index (χ3n) is 5.83. The van der Waals surface area contributed by atoms with Gasteiger partial charge in [0.2, 0.25) is 0 Å². The molecule has 0 amide bonds. The molecule has 1 aliphatic rings. The van der Waals surface area contributed by atoms with Crippen molar-refractivity contribution in [3.8, 4) is 5.75 Å². The normalized spacial score (nSPS) is 13.9. The molecule has 38 heavy (non-hydrogen) atoms. The van der Waals surface area contributed by atoms with Crippen LogP contribution in [0, 0.1) is 5.82 Å². The number of alkyl halides is 6. The van der Waals surface area contributed by atoms with E-state index in [-0.39, 0.29) is 77.2 Å². The number of benzene rings is 2. The Hall–Kier alpha value is -2.89. The third-order valence-corrected chi connectivity index (χ3v) is 5.83. The molecule has 194 valence electrons. The summed E-state index contributed by atoms with van der Waals surface area (Å²) in [6.45, 7) is -0.113. The molecular formula is C26H17F7NNaO3. The molecule has 1 heterocycles. The molecule has 0 radical (unpaired) electrons. The van der Waals surface area contributed by atoms with E-state index in [0.29, 0.717) is 24.1 Å². The summed E-state index contributed by atoms with van der Waals surface area (Å²) < 4.78 is 99.8. The molecule has 0 spiro atoms. The molecule has 4 nitrogen and oxygen atoms in total. The summed E-state index contributed by atoms with van der Waals surface area (Å²) >= 11 is 0. The van der Waals surface area contributed by atoms with Crippen LogP contribution in [0.5, 0.6) is 5.75 Å². The van der Waals surface area contributed by atoms with Crippen LogP contribution in [0.4, 0.5) is 30.7 Å². The molecule has 12 heteroatoms. The van der Waals surface area contributed by atoms with Gasteiger partial charge in [-0.15, -0.1) is 0 Å². The Bertz CT molecular complexity index is 1370. The van der Waals surface area contributed by atoms with Crippen LogP contribution < -0.4 is 39.4 Å². The van der Waals surface area contributed by atoms with Gasteiger partial charge in [-0.2, -0.15) is 26.3 Å². The maximum absolute atomic E-state index is 13.5. The minimum absolute atomic E-state index is 0. The van der Waals surface area contributed by atoms with Crippen molar-refractivity contribution in [3.05, 3.63) is 94.1 Å². The van der Waals surface area contributed by atoms with Crippen molar-refractivity contribution in [2.75, 3.05) is 0 Å². The van der Waals surface area contributed by atoms with Gasteiger partial charge in [0.1, 0.15) is 18.2 Å². The van der Waals surface area contributed by atoms with Gasteiger partial charge in [-0.05, 0) is 78.4 Å². The van der Waals surface area contributed by atoms with E-state index in [9.17, 15) is 40.6 Å². The second-order valence-corrected chi connectivity index (χ2v) is 8.35. The van der Waals surface area contributed by atoms with Crippen LogP contribution in [-0.4, -0.2) is 11.0 Å². The van der Waals surface area contributed by atoms with E-state index in [2.05, 4.69) is 4.98 Å². The van der Waals surface area contributed by atoms with Crippen LogP contribution in [0.15, 0.2) is 54.6 Å². The Morgan fingerprint density at radius 2 is 1.50 bits per heavy atom. The summed E-state index contributed by atoms with van der Waals surface area (Å²) in [5, 5.41) is 11.3. The predicted octanol–water partition coefficient (Wildman–Crippen LogP) is 3.30. The fourth-order valence-electron chi connectivity index (χ4n) is 4.09. The molecule has 0 fully saturated rings. The number of hydrogen-bond donors (Lipinski definition) is 0. The van der Waals surface area contributed by atoms with E-state index < -0.39 is 41.0 Å². The van der Waals surface area contributed by atoms with Gasteiger partial charge in [-0.25, -0.2) is 9.37 Å². The summed E-state index contributed by atoms with van der Waals surface area (Å²) in [7, 11) is 0. The second kappa shape index (κ2) is 11.5. The molecule has 0 N–H and O–H groups in total. The maximum atomic E-state index is 13.5. The van der Waals surface area contributed by atoms with Gasteiger partial charge in [-0.1, -0.05) is 12.1 Å². The SMILES string of the molecule is O=C([O-])c1cc(C(F)(F)F)cc(C2=C(c3cc(C(F)(F)F)ccc3OCc3ccc(F)cc3)CCC2)n1.[Na+]. The fourth-order valence-corrected chi connectivity index (χ4v) is 4.09. The zero-order valence-corrected chi connectivity index (χ0v) is 21.8. The summed E-state index contributed by atoms with van der Waals surface area (Å²) in [4.78, 5) is 15.1. The monoisotopic (exact) mass is 547 g/mol. The van der Waals surface area contributed by atoms with Crippen molar-refractivity contribution in [3.63, 3.8) is 0 Å². The van der Waals surface area contributed by atoms with Crippen LogP contribution in [0.1, 0.15) is 57.7 Å². The number of allylic oxidation sites excluding steroid dienone is 2. The van der Waals surface area contributed by atoms with E-state index in [0.717, 1.165) is 18.2 Å². The molecule has 1 aliphatic carbocycles. The molecule has 0 aliphatic heterocycles. The van der Waals surface area contributed by atoms with Crippen LogP contribution in [0.2, 0.25) is 0 Å². The maximum Gasteiger partial charge on any atom is 1.00 e. The summed E-state index contributed by atoms with van der Waals surface area (Å²) in [6, 6.07) is 9.03. The van der Waals surface area contributed by atoms with E-state index in [1.807, 2.05) is 0 Å². The zero-order chi connectivity index (χ0) is 27.0. The number of rotatable bonds is 6. The molecule has 4 rings (SSSR count). The number of nitrogens with zero attached hydrogens (tertiary/aromatic N) is 1. The summed E-state index contributed by atoms with van der Waals surface area (Å²) in [5.41, 5.74) is -2.56. The van der Waals surface area contributed by atoms with Crippen LogP contribution in [0.25, 0.3) is 11.1 Å². The second-order valence-electron chi connectivity index (χ2n) is 8.35. The first-order chi connectivity index (χ1) is 17.3. The van der Waals surface area contributed by atoms with Crippen LogP contribution in [0.3, 0.4) is 0 Å². The first-order valence-electron chi connectivity index (χ1n) is 10.9. The van der Waals surface area contributed by atoms with Crippen LogP contribution >= 0.6 is 0 Å². The smallest absolute Gasteiger partial charge is 0.543 e. The molecular weight excluding hydrogens is 530 g/mol. The van der Waals surface area contributed by atoms with Crippen molar-refractivity contribution in [2.45, 2.75) is 38.2 Å². The fraction of sp³-hybridized carbons (Fsp3) is 0.231. The third kappa shape index (κ3) is 6.75. The van der Waals surface area contributed by atoms with Gasteiger partial charge < -0.3 is 14.6 Å². The molecule has 0 unspecified atom stereocenters. The molecule has 3 aromatic rings.